The highest BCUT2D eigenvalue weighted by Gasteiger charge is 2.16. The molecule has 0 bridgehead atoms. The molecule has 1 aliphatic heterocycles. The molecule has 0 saturated carbocycles. The number of alkyl halides is 1. The highest BCUT2D eigenvalue weighted by molar-refractivity contribution is 9.09. The fourth-order valence-electron chi connectivity index (χ4n) is 1.44. The molecular formula is C9H9BrClN. The van der Waals surface area contributed by atoms with Gasteiger partial charge in [-0.3, -0.25) is 0 Å². The average Bonchev–Trinajstić information content (AvgIpc) is 2.04. The lowest BCUT2D eigenvalue weighted by Gasteiger charge is -2.22. The van der Waals surface area contributed by atoms with E-state index in [1.54, 1.807) is 0 Å². The van der Waals surface area contributed by atoms with Crippen LogP contribution in [0.3, 0.4) is 0 Å². The fourth-order valence-corrected chi connectivity index (χ4v) is 2.24. The summed E-state index contributed by atoms with van der Waals surface area (Å²) in [7, 11) is 0. The van der Waals surface area contributed by atoms with Crippen LogP contribution in [0.1, 0.15) is 16.8 Å². The van der Waals surface area contributed by atoms with E-state index in [2.05, 4.69) is 27.3 Å². The fraction of sp³-hybridized carbons (Fsp3) is 0.333. The molecule has 12 heavy (non-hydrogen) atoms. The lowest BCUT2D eigenvalue weighted by molar-refractivity contribution is 0.822. The Kier molecular flexibility index (Phi) is 2.28. The Balaban J connectivity index is 2.46. The molecule has 0 saturated heterocycles. The third kappa shape index (κ3) is 1.46. The Morgan fingerprint density at radius 1 is 1.50 bits per heavy atom. The molecule has 1 N–H and O–H groups in total. The molecule has 64 valence electrons. The monoisotopic (exact) mass is 245 g/mol. The largest absolute Gasteiger partial charge is 0.385 e. The van der Waals surface area contributed by atoms with Crippen molar-refractivity contribution in [3.63, 3.8) is 0 Å². The van der Waals surface area contributed by atoms with Crippen LogP contribution in [0.15, 0.2) is 18.2 Å². The first-order valence-electron chi connectivity index (χ1n) is 3.95. The van der Waals surface area contributed by atoms with Crippen molar-refractivity contribution in [2.45, 2.75) is 11.2 Å². The second kappa shape index (κ2) is 3.27. The maximum absolute atomic E-state index is 5.87. The molecule has 1 aromatic carbocycles. The first-order chi connectivity index (χ1) is 5.77. The smallest absolute Gasteiger partial charge is 0.0432 e. The third-order valence-corrected chi connectivity index (χ3v) is 3.25. The summed E-state index contributed by atoms with van der Waals surface area (Å²) in [5.74, 6) is 0. The van der Waals surface area contributed by atoms with Gasteiger partial charge >= 0.3 is 0 Å². The predicted molar refractivity (Wildman–Crippen MR) is 56.2 cm³/mol. The van der Waals surface area contributed by atoms with Crippen molar-refractivity contribution in [1.29, 1.82) is 0 Å². The van der Waals surface area contributed by atoms with Crippen LogP contribution < -0.4 is 5.32 Å². The van der Waals surface area contributed by atoms with Gasteiger partial charge in [-0.25, -0.2) is 0 Å². The SMILES string of the molecule is Clc1ccc2c(c1)NCCC2Br. The summed E-state index contributed by atoms with van der Waals surface area (Å²) in [4.78, 5) is 0.478. The molecule has 1 nitrogen and oxygen atoms in total. The summed E-state index contributed by atoms with van der Waals surface area (Å²) in [6.07, 6.45) is 1.13. The van der Waals surface area contributed by atoms with Gasteiger partial charge in [-0.05, 0) is 24.1 Å². The van der Waals surface area contributed by atoms with E-state index < -0.39 is 0 Å². The molecule has 0 spiro atoms. The molecular weight excluding hydrogens is 237 g/mol. The molecule has 1 heterocycles. The zero-order valence-corrected chi connectivity index (χ0v) is 8.82. The third-order valence-electron chi connectivity index (χ3n) is 2.07. The number of rotatable bonds is 0. The van der Waals surface area contributed by atoms with Crippen LogP contribution in [0.25, 0.3) is 0 Å². The average molecular weight is 247 g/mol. The van der Waals surface area contributed by atoms with Crippen molar-refractivity contribution in [3.05, 3.63) is 28.8 Å². The second-order valence-corrected chi connectivity index (χ2v) is 4.46. The van der Waals surface area contributed by atoms with Crippen LogP contribution in [-0.4, -0.2) is 6.54 Å². The van der Waals surface area contributed by atoms with Gasteiger partial charge in [0, 0.05) is 22.1 Å². The lowest BCUT2D eigenvalue weighted by atomic mass is 10.0. The van der Waals surface area contributed by atoms with Crippen molar-refractivity contribution in [1.82, 2.24) is 0 Å². The summed E-state index contributed by atoms with van der Waals surface area (Å²) in [5, 5.41) is 4.11. The van der Waals surface area contributed by atoms with Crippen LogP contribution >= 0.6 is 27.5 Å². The molecule has 2 rings (SSSR count). The van der Waals surface area contributed by atoms with Crippen LogP contribution in [0, 0.1) is 0 Å². The quantitative estimate of drug-likeness (QED) is 0.690. The maximum atomic E-state index is 5.87. The van der Waals surface area contributed by atoms with E-state index in [1.807, 2.05) is 12.1 Å². The number of halogens is 2. The Morgan fingerprint density at radius 3 is 3.17 bits per heavy atom. The van der Waals surface area contributed by atoms with Gasteiger partial charge in [0.2, 0.25) is 0 Å². The van der Waals surface area contributed by atoms with E-state index in [0.717, 1.165) is 23.7 Å². The highest BCUT2D eigenvalue weighted by atomic mass is 79.9. The lowest BCUT2D eigenvalue weighted by Crippen LogP contribution is -2.13. The van der Waals surface area contributed by atoms with Gasteiger partial charge in [-0.1, -0.05) is 33.6 Å². The molecule has 0 amide bonds. The van der Waals surface area contributed by atoms with Crippen molar-refractivity contribution in [2.75, 3.05) is 11.9 Å². The number of nitrogens with one attached hydrogen (secondary N) is 1. The summed E-state index contributed by atoms with van der Waals surface area (Å²) in [6.45, 7) is 1.02. The van der Waals surface area contributed by atoms with Crippen LogP contribution in [0.4, 0.5) is 5.69 Å². The van der Waals surface area contributed by atoms with Crippen molar-refractivity contribution >= 4 is 33.2 Å². The Labute approximate surface area is 85.2 Å². The van der Waals surface area contributed by atoms with Gasteiger partial charge < -0.3 is 5.32 Å². The zero-order valence-electron chi connectivity index (χ0n) is 6.48. The van der Waals surface area contributed by atoms with Gasteiger partial charge in [0.25, 0.3) is 0 Å². The van der Waals surface area contributed by atoms with Crippen LogP contribution in [0.5, 0.6) is 0 Å². The summed E-state index contributed by atoms with van der Waals surface area (Å²) in [6, 6.07) is 5.98. The zero-order chi connectivity index (χ0) is 8.55. The molecule has 0 aliphatic carbocycles. The summed E-state index contributed by atoms with van der Waals surface area (Å²) in [5.41, 5.74) is 2.47. The minimum Gasteiger partial charge on any atom is -0.385 e. The van der Waals surface area contributed by atoms with Crippen LogP contribution in [-0.2, 0) is 0 Å². The van der Waals surface area contributed by atoms with E-state index in [-0.39, 0.29) is 0 Å². The Bertz CT molecular complexity index is 301. The molecule has 1 aliphatic rings. The molecule has 1 aromatic rings. The summed E-state index contributed by atoms with van der Waals surface area (Å²) >= 11 is 9.50. The van der Waals surface area contributed by atoms with E-state index >= 15 is 0 Å². The van der Waals surface area contributed by atoms with Gasteiger partial charge in [0.15, 0.2) is 0 Å². The van der Waals surface area contributed by atoms with E-state index in [0.29, 0.717) is 4.83 Å². The van der Waals surface area contributed by atoms with Crippen LogP contribution in [0.2, 0.25) is 5.02 Å². The van der Waals surface area contributed by atoms with Crippen molar-refractivity contribution in [2.24, 2.45) is 0 Å². The van der Waals surface area contributed by atoms with Gasteiger partial charge in [0.1, 0.15) is 0 Å². The standard InChI is InChI=1S/C9H9BrClN/c10-8-3-4-12-9-5-6(11)1-2-7(8)9/h1-2,5,8,12H,3-4H2. The molecule has 0 aromatic heterocycles. The first-order valence-corrected chi connectivity index (χ1v) is 5.24. The van der Waals surface area contributed by atoms with E-state index in [1.165, 1.54) is 5.56 Å². The molecule has 0 fully saturated rings. The second-order valence-electron chi connectivity index (χ2n) is 2.91. The number of anilines is 1. The molecule has 1 unspecified atom stereocenters. The summed E-state index contributed by atoms with van der Waals surface area (Å²) < 4.78 is 0. The topological polar surface area (TPSA) is 12.0 Å². The predicted octanol–water partition coefficient (Wildman–Crippen LogP) is 3.59. The highest BCUT2D eigenvalue weighted by Crippen LogP contribution is 2.36. The van der Waals surface area contributed by atoms with E-state index in [9.17, 15) is 0 Å². The van der Waals surface area contributed by atoms with Gasteiger partial charge in [0.05, 0.1) is 0 Å². The van der Waals surface area contributed by atoms with Gasteiger partial charge in [-0.15, -0.1) is 0 Å². The molecule has 3 heteroatoms. The number of fused-ring (bicyclic) bond motifs is 1. The van der Waals surface area contributed by atoms with Crippen molar-refractivity contribution in [3.8, 4) is 0 Å². The maximum Gasteiger partial charge on any atom is 0.0432 e. The number of hydrogen-bond acceptors (Lipinski definition) is 1. The number of hydrogen-bond donors (Lipinski definition) is 1. The number of benzene rings is 1. The minimum atomic E-state index is 0.478. The Hall–Kier alpha value is -0.210. The first kappa shape index (κ1) is 8.39. The molecule has 0 radical (unpaired) electrons. The van der Waals surface area contributed by atoms with E-state index in [4.69, 9.17) is 11.6 Å². The normalized spacial score (nSPS) is 21.3. The Morgan fingerprint density at radius 2 is 2.33 bits per heavy atom. The van der Waals surface area contributed by atoms with Crippen molar-refractivity contribution < 1.29 is 0 Å². The minimum absolute atomic E-state index is 0.478. The molecule has 1 atom stereocenters. The van der Waals surface area contributed by atoms with Gasteiger partial charge in [-0.2, -0.15) is 0 Å².